The Balaban J connectivity index is 1.56. The summed E-state index contributed by atoms with van der Waals surface area (Å²) < 4.78 is 65.0. The Morgan fingerprint density at radius 1 is 1.08 bits per heavy atom. The highest BCUT2D eigenvalue weighted by molar-refractivity contribution is 7.90. The number of rotatable bonds is 7. The molecule has 1 aliphatic rings. The molecule has 3 aromatic rings. The van der Waals surface area contributed by atoms with E-state index < -0.39 is 22.6 Å². The summed E-state index contributed by atoms with van der Waals surface area (Å²) in [6.45, 7) is -1.14. The Bertz CT molecular complexity index is 1500. The predicted molar refractivity (Wildman–Crippen MR) is 148 cm³/mol. The van der Waals surface area contributed by atoms with Gasteiger partial charge < -0.3 is 25.2 Å². The summed E-state index contributed by atoms with van der Waals surface area (Å²) in [6.07, 6.45) is 0.703. The fourth-order valence-corrected chi connectivity index (χ4v) is 5.63. The Morgan fingerprint density at radius 3 is 2.41 bits per heavy atom. The number of aromatic nitrogens is 1. The number of anilines is 2. The van der Waals surface area contributed by atoms with E-state index in [0.717, 1.165) is 43.7 Å². The van der Waals surface area contributed by atoms with Crippen molar-refractivity contribution in [1.29, 1.82) is 0 Å². The van der Waals surface area contributed by atoms with Gasteiger partial charge in [-0.15, -0.1) is 0 Å². The second kappa shape index (κ2) is 11.4. The number of alkyl halides is 3. The van der Waals surface area contributed by atoms with Gasteiger partial charge in [0.2, 0.25) is 0 Å². The van der Waals surface area contributed by atoms with E-state index in [2.05, 4.69) is 41.5 Å². The Labute approximate surface area is 226 Å². The first-order valence-electron chi connectivity index (χ1n) is 12.7. The van der Waals surface area contributed by atoms with E-state index in [9.17, 15) is 26.7 Å². The summed E-state index contributed by atoms with van der Waals surface area (Å²) in [5.74, 6) is 5.40. The third-order valence-electron chi connectivity index (χ3n) is 7.05. The molecule has 0 aliphatic heterocycles. The molecule has 2 aromatic carbocycles. The van der Waals surface area contributed by atoms with Crippen molar-refractivity contribution in [1.82, 2.24) is 9.47 Å². The number of hydrogen-bond acceptors (Lipinski definition) is 6. The highest BCUT2D eigenvalue weighted by Gasteiger charge is 2.30. The first-order valence-corrected chi connectivity index (χ1v) is 14.6. The average Bonchev–Trinajstić information content (AvgIpc) is 3.19. The molecule has 39 heavy (non-hydrogen) atoms. The standard InChI is InChI=1S/C28H33F3N4O3S/c1-34(2)20-11-9-19(10-12-20)33-24-7-4-8-26-23(24)16-21(35(26)18-28(29,30)31)6-5-15-32-25-14-13-22(17-27(25)36)39(3,37)38/h4,7-8,13-14,16-17,19-20,32-33,36H,9-12,15,18H2,1-3H3. The molecule has 0 saturated heterocycles. The van der Waals surface area contributed by atoms with E-state index in [1.165, 1.54) is 16.7 Å². The quantitative estimate of drug-likeness (QED) is 0.276. The van der Waals surface area contributed by atoms with Crippen LogP contribution in [0.1, 0.15) is 31.4 Å². The fourth-order valence-electron chi connectivity index (χ4n) is 4.99. The minimum atomic E-state index is -4.43. The summed E-state index contributed by atoms with van der Waals surface area (Å²) in [4.78, 5) is 2.21. The molecule has 3 N–H and O–H groups in total. The molecule has 4 rings (SSSR count). The number of phenolic OH excluding ortho intramolecular Hbond substituents is 1. The number of nitrogens with one attached hydrogen (secondary N) is 2. The van der Waals surface area contributed by atoms with Crippen molar-refractivity contribution in [2.24, 2.45) is 0 Å². The van der Waals surface area contributed by atoms with Crippen LogP contribution in [0.5, 0.6) is 5.75 Å². The molecule has 1 heterocycles. The van der Waals surface area contributed by atoms with Crippen molar-refractivity contribution >= 4 is 32.1 Å². The summed E-state index contributed by atoms with van der Waals surface area (Å²) in [6, 6.07) is 11.7. The third kappa shape index (κ3) is 7.19. The zero-order valence-electron chi connectivity index (χ0n) is 22.1. The highest BCUT2D eigenvalue weighted by atomic mass is 32.2. The number of sulfone groups is 1. The number of fused-ring (bicyclic) bond motifs is 1. The van der Waals surface area contributed by atoms with Gasteiger partial charge in [0, 0.05) is 35.5 Å². The van der Waals surface area contributed by atoms with Gasteiger partial charge in [-0.05, 0) is 76.0 Å². The molecular formula is C28H33F3N4O3S. The van der Waals surface area contributed by atoms with Crippen LogP contribution in [-0.2, 0) is 16.4 Å². The molecule has 0 radical (unpaired) electrons. The molecular weight excluding hydrogens is 529 g/mol. The number of phenols is 1. The SMILES string of the molecule is CN(C)C1CCC(Nc2cccc3c2cc(C#CCNc2ccc(S(C)(=O)=O)cc2O)n3CC(F)(F)F)CC1. The molecule has 1 fully saturated rings. The summed E-state index contributed by atoms with van der Waals surface area (Å²) >= 11 is 0. The van der Waals surface area contributed by atoms with Crippen molar-refractivity contribution in [2.45, 2.75) is 55.4 Å². The Morgan fingerprint density at radius 2 is 1.79 bits per heavy atom. The maximum absolute atomic E-state index is 13.5. The molecule has 210 valence electrons. The van der Waals surface area contributed by atoms with Gasteiger partial charge in [-0.3, -0.25) is 0 Å². The van der Waals surface area contributed by atoms with Crippen LogP contribution in [0, 0.1) is 11.8 Å². The molecule has 1 aromatic heterocycles. The molecule has 1 aliphatic carbocycles. The zero-order valence-corrected chi connectivity index (χ0v) is 23.0. The van der Waals surface area contributed by atoms with Crippen LogP contribution in [0.3, 0.4) is 0 Å². The zero-order chi connectivity index (χ0) is 28.4. The van der Waals surface area contributed by atoms with E-state index in [4.69, 9.17) is 0 Å². The fraction of sp³-hybridized carbons (Fsp3) is 0.429. The van der Waals surface area contributed by atoms with Crippen LogP contribution in [0.4, 0.5) is 24.5 Å². The minimum Gasteiger partial charge on any atom is -0.506 e. The van der Waals surface area contributed by atoms with Gasteiger partial charge >= 0.3 is 6.18 Å². The van der Waals surface area contributed by atoms with E-state index in [-0.39, 0.29) is 34.6 Å². The molecule has 1 saturated carbocycles. The van der Waals surface area contributed by atoms with Crippen molar-refractivity contribution < 1.29 is 26.7 Å². The summed E-state index contributed by atoms with van der Waals surface area (Å²) in [5.41, 5.74) is 1.73. The smallest absolute Gasteiger partial charge is 0.406 e. The van der Waals surface area contributed by atoms with E-state index >= 15 is 0 Å². The second-order valence-corrected chi connectivity index (χ2v) is 12.2. The molecule has 0 atom stereocenters. The first kappa shape index (κ1) is 28.6. The molecule has 7 nitrogen and oxygen atoms in total. The van der Waals surface area contributed by atoms with E-state index in [0.29, 0.717) is 16.9 Å². The van der Waals surface area contributed by atoms with Gasteiger partial charge in [-0.1, -0.05) is 12.0 Å². The van der Waals surface area contributed by atoms with Gasteiger partial charge in [0.1, 0.15) is 12.3 Å². The van der Waals surface area contributed by atoms with Crippen LogP contribution in [0.2, 0.25) is 0 Å². The first-order chi connectivity index (χ1) is 18.3. The minimum absolute atomic E-state index is 0.0246. The molecule has 0 amide bonds. The predicted octanol–water partition coefficient (Wildman–Crippen LogP) is 5.06. The number of benzene rings is 2. The maximum Gasteiger partial charge on any atom is 0.406 e. The van der Waals surface area contributed by atoms with E-state index in [1.54, 1.807) is 18.2 Å². The van der Waals surface area contributed by atoms with Crippen molar-refractivity contribution in [3.8, 4) is 17.6 Å². The van der Waals surface area contributed by atoms with Gasteiger partial charge in [0.15, 0.2) is 9.84 Å². The van der Waals surface area contributed by atoms with Gasteiger partial charge in [-0.25, -0.2) is 8.42 Å². The van der Waals surface area contributed by atoms with Crippen LogP contribution in [-0.4, -0.2) is 68.1 Å². The summed E-state index contributed by atoms with van der Waals surface area (Å²) in [5, 5.41) is 17.2. The lowest BCUT2D eigenvalue weighted by atomic mass is 9.90. The average molecular weight is 563 g/mol. The lowest BCUT2D eigenvalue weighted by Crippen LogP contribution is -2.36. The van der Waals surface area contributed by atoms with Gasteiger partial charge in [-0.2, -0.15) is 13.2 Å². The van der Waals surface area contributed by atoms with Crippen LogP contribution >= 0.6 is 0 Å². The third-order valence-corrected chi connectivity index (χ3v) is 8.16. The molecule has 0 bridgehead atoms. The number of halogens is 3. The normalized spacial score (nSPS) is 18.1. The van der Waals surface area contributed by atoms with Crippen LogP contribution < -0.4 is 10.6 Å². The van der Waals surface area contributed by atoms with Gasteiger partial charge in [0.05, 0.1) is 28.3 Å². The van der Waals surface area contributed by atoms with E-state index in [1.807, 2.05) is 6.07 Å². The number of aromatic hydroxyl groups is 1. The van der Waals surface area contributed by atoms with Crippen LogP contribution in [0.25, 0.3) is 10.9 Å². The lowest BCUT2D eigenvalue weighted by molar-refractivity contribution is -0.140. The highest BCUT2D eigenvalue weighted by Crippen LogP contribution is 2.32. The van der Waals surface area contributed by atoms with Crippen molar-refractivity contribution in [3.05, 3.63) is 48.2 Å². The second-order valence-electron chi connectivity index (χ2n) is 10.2. The lowest BCUT2D eigenvalue weighted by Gasteiger charge is -2.33. The largest absolute Gasteiger partial charge is 0.506 e. The molecule has 0 spiro atoms. The Kier molecular flexibility index (Phi) is 8.37. The van der Waals surface area contributed by atoms with Crippen molar-refractivity contribution in [2.75, 3.05) is 37.5 Å². The molecule has 11 heteroatoms. The number of hydrogen-bond donors (Lipinski definition) is 3. The van der Waals surface area contributed by atoms with Crippen LogP contribution in [0.15, 0.2) is 47.4 Å². The summed E-state index contributed by atoms with van der Waals surface area (Å²) in [7, 11) is 0.690. The van der Waals surface area contributed by atoms with Gasteiger partial charge in [0.25, 0.3) is 0 Å². The number of nitrogens with zero attached hydrogens (tertiary/aromatic N) is 2. The Hall–Kier alpha value is -3.36. The topological polar surface area (TPSA) is 86.6 Å². The monoisotopic (exact) mass is 562 g/mol. The molecule has 0 unspecified atom stereocenters. The maximum atomic E-state index is 13.5. The van der Waals surface area contributed by atoms with Crippen molar-refractivity contribution in [3.63, 3.8) is 0 Å².